The maximum atomic E-state index is 12.5. The molecule has 0 aromatic carbocycles. The molecule has 106 valence electrons. The van der Waals surface area contributed by atoms with Crippen LogP contribution in [-0.4, -0.2) is 22.3 Å². The number of nitrogens with zero attached hydrogens (tertiary/aromatic N) is 2. The van der Waals surface area contributed by atoms with Gasteiger partial charge in [0.2, 0.25) is 0 Å². The molecule has 2 rings (SSSR count). The standard InChI is InChI=1S/C13H11Cl3N2OS/c1-2-18(7-8-3-6-11(16)20-8)13(19)12-9(14)4-5-10(15)17-12/h3-6H,2,7H2,1H3. The molecule has 2 aromatic rings. The molecule has 0 N–H and O–H groups in total. The van der Waals surface area contributed by atoms with E-state index in [0.29, 0.717) is 22.4 Å². The van der Waals surface area contributed by atoms with E-state index in [1.165, 1.54) is 11.3 Å². The van der Waals surface area contributed by atoms with Gasteiger partial charge < -0.3 is 4.90 Å². The molecule has 0 radical (unpaired) electrons. The quantitative estimate of drug-likeness (QED) is 0.745. The second-order valence-corrected chi connectivity index (χ2v) is 6.58. The molecule has 0 aliphatic rings. The Morgan fingerprint density at radius 1 is 1.25 bits per heavy atom. The first-order valence-corrected chi connectivity index (χ1v) is 7.82. The van der Waals surface area contributed by atoms with Crippen LogP contribution < -0.4 is 0 Å². The Morgan fingerprint density at radius 2 is 2.00 bits per heavy atom. The Bertz CT molecular complexity index is 630. The summed E-state index contributed by atoms with van der Waals surface area (Å²) in [6.45, 7) is 2.90. The van der Waals surface area contributed by atoms with Crippen molar-refractivity contribution in [1.29, 1.82) is 0 Å². The SMILES string of the molecule is CCN(Cc1ccc(Cl)s1)C(=O)c1nc(Cl)ccc1Cl. The van der Waals surface area contributed by atoms with Crippen LogP contribution in [0.2, 0.25) is 14.5 Å². The number of carbonyl (C=O) groups is 1. The Hall–Kier alpha value is -0.810. The van der Waals surface area contributed by atoms with Crippen molar-refractivity contribution in [2.75, 3.05) is 6.54 Å². The number of rotatable bonds is 4. The van der Waals surface area contributed by atoms with Crippen molar-refractivity contribution in [2.24, 2.45) is 0 Å². The molecule has 0 spiro atoms. The van der Waals surface area contributed by atoms with Gasteiger partial charge in [0.25, 0.3) is 5.91 Å². The predicted molar refractivity (Wildman–Crippen MR) is 84.0 cm³/mol. The first-order chi connectivity index (χ1) is 9.51. The summed E-state index contributed by atoms with van der Waals surface area (Å²) >= 11 is 19.2. The normalized spacial score (nSPS) is 10.6. The summed E-state index contributed by atoms with van der Waals surface area (Å²) in [6.07, 6.45) is 0. The van der Waals surface area contributed by atoms with Crippen LogP contribution in [-0.2, 0) is 6.54 Å². The highest BCUT2D eigenvalue weighted by molar-refractivity contribution is 7.16. The van der Waals surface area contributed by atoms with Gasteiger partial charge in [0.05, 0.1) is 15.9 Å². The smallest absolute Gasteiger partial charge is 0.274 e. The van der Waals surface area contributed by atoms with Gasteiger partial charge in [-0.3, -0.25) is 4.79 Å². The fourth-order valence-electron chi connectivity index (χ4n) is 1.67. The molecule has 2 aromatic heterocycles. The molecule has 0 aliphatic carbocycles. The van der Waals surface area contributed by atoms with E-state index < -0.39 is 0 Å². The van der Waals surface area contributed by atoms with Crippen molar-refractivity contribution in [2.45, 2.75) is 13.5 Å². The van der Waals surface area contributed by atoms with Gasteiger partial charge in [-0.15, -0.1) is 11.3 Å². The topological polar surface area (TPSA) is 33.2 Å². The number of pyridine rings is 1. The van der Waals surface area contributed by atoms with E-state index in [0.717, 1.165) is 4.88 Å². The average Bonchev–Trinajstić information content (AvgIpc) is 2.83. The maximum Gasteiger partial charge on any atom is 0.274 e. The molecule has 7 heteroatoms. The van der Waals surface area contributed by atoms with Gasteiger partial charge in [-0.2, -0.15) is 0 Å². The Balaban J connectivity index is 2.22. The van der Waals surface area contributed by atoms with E-state index in [-0.39, 0.29) is 16.8 Å². The lowest BCUT2D eigenvalue weighted by atomic mass is 10.3. The number of amides is 1. The molecule has 1 amide bonds. The molecule has 2 heterocycles. The van der Waals surface area contributed by atoms with Crippen LogP contribution in [0, 0.1) is 0 Å². The van der Waals surface area contributed by atoms with Gasteiger partial charge in [-0.25, -0.2) is 4.98 Å². The molecule has 0 aliphatic heterocycles. The molecular weight excluding hydrogens is 339 g/mol. The third-order valence-electron chi connectivity index (χ3n) is 2.66. The molecule has 0 fully saturated rings. The monoisotopic (exact) mass is 348 g/mol. The summed E-state index contributed by atoms with van der Waals surface area (Å²) in [6, 6.07) is 6.83. The first kappa shape index (κ1) is 15.6. The van der Waals surface area contributed by atoms with Crippen LogP contribution in [0.5, 0.6) is 0 Å². The van der Waals surface area contributed by atoms with Crippen molar-refractivity contribution in [3.8, 4) is 0 Å². The highest BCUT2D eigenvalue weighted by atomic mass is 35.5. The van der Waals surface area contributed by atoms with Gasteiger partial charge in [0.15, 0.2) is 0 Å². The molecule has 0 bridgehead atoms. The van der Waals surface area contributed by atoms with Crippen molar-refractivity contribution in [3.05, 3.63) is 49.3 Å². The highest BCUT2D eigenvalue weighted by Crippen LogP contribution is 2.24. The van der Waals surface area contributed by atoms with Crippen LogP contribution >= 0.6 is 46.1 Å². The maximum absolute atomic E-state index is 12.5. The predicted octanol–water partition coefficient (Wildman–Crippen LogP) is 4.77. The number of hydrogen-bond acceptors (Lipinski definition) is 3. The lowest BCUT2D eigenvalue weighted by Crippen LogP contribution is -2.31. The largest absolute Gasteiger partial charge is 0.332 e. The first-order valence-electron chi connectivity index (χ1n) is 5.86. The number of carbonyl (C=O) groups excluding carboxylic acids is 1. The summed E-state index contributed by atoms with van der Waals surface area (Å²) in [5.41, 5.74) is 0.170. The van der Waals surface area contributed by atoms with Crippen LogP contribution in [0.3, 0.4) is 0 Å². The summed E-state index contributed by atoms with van der Waals surface area (Å²) in [5, 5.41) is 0.537. The fourth-order valence-corrected chi connectivity index (χ4v) is 3.11. The number of aromatic nitrogens is 1. The third kappa shape index (κ3) is 3.64. The van der Waals surface area contributed by atoms with E-state index in [1.54, 1.807) is 17.0 Å². The molecule has 20 heavy (non-hydrogen) atoms. The van der Waals surface area contributed by atoms with Crippen molar-refractivity contribution < 1.29 is 4.79 Å². The Kier molecular flexibility index (Phi) is 5.27. The molecule has 0 saturated carbocycles. The van der Waals surface area contributed by atoms with E-state index in [1.807, 2.05) is 19.1 Å². The van der Waals surface area contributed by atoms with Crippen LogP contribution in [0.1, 0.15) is 22.3 Å². The van der Waals surface area contributed by atoms with Gasteiger partial charge in [-0.05, 0) is 31.2 Å². The zero-order valence-corrected chi connectivity index (χ0v) is 13.7. The van der Waals surface area contributed by atoms with E-state index in [9.17, 15) is 4.79 Å². The number of thiophene rings is 1. The second-order valence-electron chi connectivity index (χ2n) is 3.99. The molecule has 3 nitrogen and oxygen atoms in total. The minimum atomic E-state index is -0.246. The second kappa shape index (κ2) is 6.76. The summed E-state index contributed by atoms with van der Waals surface area (Å²) < 4.78 is 0.697. The Labute approximate surface area is 136 Å². The average molecular weight is 350 g/mol. The van der Waals surface area contributed by atoms with Gasteiger partial charge >= 0.3 is 0 Å². The summed E-state index contributed by atoms with van der Waals surface area (Å²) in [7, 11) is 0. The van der Waals surface area contributed by atoms with Crippen molar-refractivity contribution in [3.63, 3.8) is 0 Å². The summed E-state index contributed by atoms with van der Waals surface area (Å²) in [5.74, 6) is -0.246. The molecule has 0 atom stereocenters. The lowest BCUT2D eigenvalue weighted by Gasteiger charge is -2.20. The van der Waals surface area contributed by atoms with Gasteiger partial charge in [0.1, 0.15) is 10.8 Å². The van der Waals surface area contributed by atoms with Crippen LogP contribution in [0.25, 0.3) is 0 Å². The lowest BCUT2D eigenvalue weighted by molar-refractivity contribution is 0.0748. The van der Waals surface area contributed by atoms with E-state index in [2.05, 4.69) is 4.98 Å². The number of halogens is 3. The zero-order valence-electron chi connectivity index (χ0n) is 10.6. The minimum absolute atomic E-state index is 0.170. The van der Waals surface area contributed by atoms with Gasteiger partial charge in [-0.1, -0.05) is 34.8 Å². The summed E-state index contributed by atoms with van der Waals surface area (Å²) in [4.78, 5) is 19.1. The molecule has 0 unspecified atom stereocenters. The number of hydrogen-bond donors (Lipinski definition) is 0. The van der Waals surface area contributed by atoms with E-state index in [4.69, 9.17) is 34.8 Å². The van der Waals surface area contributed by atoms with Gasteiger partial charge in [0, 0.05) is 11.4 Å². The van der Waals surface area contributed by atoms with Crippen LogP contribution in [0.15, 0.2) is 24.3 Å². The molecular formula is C13H11Cl3N2OS. The van der Waals surface area contributed by atoms with Crippen LogP contribution in [0.4, 0.5) is 0 Å². The van der Waals surface area contributed by atoms with Crippen molar-refractivity contribution in [1.82, 2.24) is 9.88 Å². The molecule has 0 saturated heterocycles. The van der Waals surface area contributed by atoms with Crippen molar-refractivity contribution >= 4 is 52.0 Å². The minimum Gasteiger partial charge on any atom is -0.332 e. The highest BCUT2D eigenvalue weighted by Gasteiger charge is 2.20. The zero-order chi connectivity index (χ0) is 14.7. The van der Waals surface area contributed by atoms with E-state index >= 15 is 0 Å². The Morgan fingerprint density at radius 3 is 2.60 bits per heavy atom. The third-order valence-corrected chi connectivity index (χ3v) is 4.39. The fraction of sp³-hybridized carbons (Fsp3) is 0.231.